The molecule has 2 N–H and O–H groups in total. The third kappa shape index (κ3) is 2.36. The Hall–Kier alpha value is -1.49. The number of halogens is 1. The van der Waals surface area contributed by atoms with Gasteiger partial charge in [0, 0.05) is 6.04 Å². The second kappa shape index (κ2) is 4.57. The molecule has 2 heterocycles. The molecule has 2 unspecified atom stereocenters. The van der Waals surface area contributed by atoms with Gasteiger partial charge in [-0.15, -0.1) is 0 Å². The second-order valence-electron chi connectivity index (χ2n) is 3.97. The zero-order valence-electron chi connectivity index (χ0n) is 9.03. The number of hydrogen-bond acceptors (Lipinski definition) is 3. The highest BCUT2D eigenvalue weighted by atomic mass is 19.1. The van der Waals surface area contributed by atoms with Gasteiger partial charge in [-0.2, -0.15) is 4.39 Å². The summed E-state index contributed by atoms with van der Waals surface area (Å²) < 4.78 is 12.8. The zero-order chi connectivity index (χ0) is 11.5. The molecule has 16 heavy (non-hydrogen) atoms. The number of amides is 1. The van der Waals surface area contributed by atoms with Crippen molar-refractivity contribution in [1.82, 2.24) is 10.3 Å². The summed E-state index contributed by atoms with van der Waals surface area (Å²) in [7, 11) is 0. The van der Waals surface area contributed by atoms with Crippen LogP contribution in [-0.4, -0.2) is 23.5 Å². The maximum absolute atomic E-state index is 12.8. The van der Waals surface area contributed by atoms with Gasteiger partial charge in [0.15, 0.2) is 0 Å². The van der Waals surface area contributed by atoms with Crippen LogP contribution >= 0.6 is 0 Å². The molecule has 1 aliphatic heterocycles. The van der Waals surface area contributed by atoms with Crippen LogP contribution in [0.15, 0.2) is 18.2 Å². The van der Waals surface area contributed by atoms with Crippen LogP contribution in [0.4, 0.5) is 10.2 Å². The van der Waals surface area contributed by atoms with Gasteiger partial charge in [0.25, 0.3) is 0 Å². The minimum atomic E-state index is -0.588. The normalized spacial score (nSPS) is 24.4. The third-order valence-corrected chi connectivity index (χ3v) is 2.83. The molecule has 0 radical (unpaired) electrons. The van der Waals surface area contributed by atoms with E-state index in [-0.39, 0.29) is 23.7 Å². The highest BCUT2D eigenvalue weighted by Crippen LogP contribution is 2.17. The largest absolute Gasteiger partial charge is 0.313 e. The van der Waals surface area contributed by atoms with Gasteiger partial charge in [-0.25, -0.2) is 4.98 Å². The molecule has 2 rings (SSSR count). The Morgan fingerprint density at radius 3 is 3.06 bits per heavy atom. The number of carbonyl (C=O) groups is 1. The smallest absolute Gasteiger partial charge is 0.230 e. The number of nitrogens with zero attached hydrogens (tertiary/aromatic N) is 1. The van der Waals surface area contributed by atoms with E-state index in [9.17, 15) is 9.18 Å². The molecule has 4 nitrogen and oxygen atoms in total. The standard InChI is InChI=1S/C11H14FN3O/c1-7-8(5-6-13-7)11(16)15-10-4-2-3-9(12)14-10/h2-4,7-8,13H,5-6H2,1H3,(H,14,15,16). The first kappa shape index (κ1) is 11.0. The average Bonchev–Trinajstić information content (AvgIpc) is 2.64. The molecule has 1 aliphatic rings. The molecular formula is C11H14FN3O. The van der Waals surface area contributed by atoms with E-state index in [0.29, 0.717) is 0 Å². The maximum Gasteiger partial charge on any atom is 0.230 e. The van der Waals surface area contributed by atoms with Crippen molar-refractivity contribution >= 4 is 11.7 Å². The van der Waals surface area contributed by atoms with Crippen LogP contribution < -0.4 is 10.6 Å². The molecule has 1 aromatic heterocycles. The lowest BCUT2D eigenvalue weighted by Crippen LogP contribution is -2.32. The molecule has 0 aromatic carbocycles. The molecule has 1 fully saturated rings. The predicted octanol–water partition coefficient (Wildman–Crippen LogP) is 1.16. The molecule has 0 spiro atoms. The number of aromatic nitrogens is 1. The SMILES string of the molecule is CC1NCCC1C(=O)Nc1cccc(F)n1. The monoisotopic (exact) mass is 223 g/mol. The van der Waals surface area contributed by atoms with Crippen LogP contribution in [0.3, 0.4) is 0 Å². The molecule has 1 saturated heterocycles. The second-order valence-corrected chi connectivity index (χ2v) is 3.97. The van der Waals surface area contributed by atoms with Gasteiger partial charge in [-0.1, -0.05) is 6.07 Å². The molecule has 2 atom stereocenters. The minimum absolute atomic E-state index is 0.0648. The lowest BCUT2D eigenvalue weighted by atomic mass is 10.0. The fourth-order valence-electron chi connectivity index (χ4n) is 1.91. The van der Waals surface area contributed by atoms with Crippen molar-refractivity contribution in [2.24, 2.45) is 5.92 Å². The van der Waals surface area contributed by atoms with Gasteiger partial charge in [-0.3, -0.25) is 4.79 Å². The van der Waals surface area contributed by atoms with Crippen molar-refractivity contribution in [3.8, 4) is 0 Å². The summed E-state index contributed by atoms with van der Waals surface area (Å²) in [4.78, 5) is 15.4. The molecule has 86 valence electrons. The minimum Gasteiger partial charge on any atom is -0.313 e. The van der Waals surface area contributed by atoms with Crippen molar-refractivity contribution in [2.45, 2.75) is 19.4 Å². The average molecular weight is 223 g/mol. The van der Waals surface area contributed by atoms with Gasteiger partial charge < -0.3 is 10.6 Å². The van der Waals surface area contributed by atoms with E-state index in [1.807, 2.05) is 6.92 Å². The Morgan fingerprint density at radius 2 is 2.44 bits per heavy atom. The van der Waals surface area contributed by atoms with Crippen molar-refractivity contribution in [3.63, 3.8) is 0 Å². The lowest BCUT2D eigenvalue weighted by molar-refractivity contribution is -0.120. The van der Waals surface area contributed by atoms with E-state index >= 15 is 0 Å². The van der Waals surface area contributed by atoms with Gasteiger partial charge in [0.1, 0.15) is 5.82 Å². The number of carbonyl (C=O) groups excluding carboxylic acids is 1. The molecule has 1 aromatic rings. The van der Waals surface area contributed by atoms with Crippen molar-refractivity contribution in [1.29, 1.82) is 0 Å². The van der Waals surface area contributed by atoms with Crippen LogP contribution in [0.25, 0.3) is 0 Å². The molecule has 5 heteroatoms. The fourth-order valence-corrected chi connectivity index (χ4v) is 1.91. The van der Waals surface area contributed by atoms with E-state index < -0.39 is 5.95 Å². The number of hydrogen-bond donors (Lipinski definition) is 2. The van der Waals surface area contributed by atoms with Crippen LogP contribution in [0.2, 0.25) is 0 Å². The number of pyridine rings is 1. The Morgan fingerprint density at radius 1 is 1.62 bits per heavy atom. The van der Waals surface area contributed by atoms with Crippen LogP contribution in [0.1, 0.15) is 13.3 Å². The number of anilines is 1. The maximum atomic E-state index is 12.8. The predicted molar refractivity (Wildman–Crippen MR) is 58.4 cm³/mol. The summed E-state index contributed by atoms with van der Waals surface area (Å²) in [6.07, 6.45) is 0.808. The van der Waals surface area contributed by atoms with Crippen molar-refractivity contribution in [3.05, 3.63) is 24.1 Å². The lowest BCUT2D eigenvalue weighted by Gasteiger charge is -2.14. The highest BCUT2D eigenvalue weighted by molar-refractivity contribution is 5.92. The van der Waals surface area contributed by atoms with E-state index in [1.54, 1.807) is 6.07 Å². The third-order valence-electron chi connectivity index (χ3n) is 2.83. The summed E-state index contributed by atoms with van der Waals surface area (Å²) in [6, 6.07) is 4.51. The fraction of sp³-hybridized carbons (Fsp3) is 0.455. The zero-order valence-corrected chi connectivity index (χ0v) is 9.03. The molecular weight excluding hydrogens is 209 g/mol. The van der Waals surface area contributed by atoms with Crippen molar-refractivity contribution in [2.75, 3.05) is 11.9 Å². The van der Waals surface area contributed by atoms with Gasteiger partial charge >= 0.3 is 0 Å². The first-order chi connectivity index (χ1) is 7.66. The van der Waals surface area contributed by atoms with Crippen LogP contribution in [0, 0.1) is 11.9 Å². The summed E-state index contributed by atoms with van der Waals surface area (Å²) in [5.41, 5.74) is 0. The summed E-state index contributed by atoms with van der Waals surface area (Å²) in [6.45, 7) is 2.81. The Kier molecular flexibility index (Phi) is 3.14. The summed E-state index contributed by atoms with van der Waals surface area (Å²) in [5, 5.41) is 5.82. The number of rotatable bonds is 2. The molecule has 1 amide bonds. The van der Waals surface area contributed by atoms with Gasteiger partial charge in [0.05, 0.1) is 5.92 Å². The highest BCUT2D eigenvalue weighted by Gasteiger charge is 2.29. The Balaban J connectivity index is 2.02. The van der Waals surface area contributed by atoms with E-state index in [2.05, 4.69) is 15.6 Å². The van der Waals surface area contributed by atoms with Gasteiger partial charge in [0.2, 0.25) is 11.9 Å². The number of nitrogens with one attached hydrogen (secondary N) is 2. The topological polar surface area (TPSA) is 54.0 Å². The quantitative estimate of drug-likeness (QED) is 0.740. The molecule has 0 bridgehead atoms. The Labute approximate surface area is 93.3 Å². The summed E-state index contributed by atoms with van der Waals surface area (Å²) in [5.74, 6) is -0.486. The first-order valence-corrected chi connectivity index (χ1v) is 5.33. The van der Waals surface area contributed by atoms with E-state index in [0.717, 1.165) is 13.0 Å². The van der Waals surface area contributed by atoms with E-state index in [1.165, 1.54) is 12.1 Å². The van der Waals surface area contributed by atoms with E-state index in [4.69, 9.17) is 0 Å². The Bertz CT molecular complexity index is 397. The van der Waals surface area contributed by atoms with Crippen molar-refractivity contribution < 1.29 is 9.18 Å². The molecule has 0 aliphatic carbocycles. The van der Waals surface area contributed by atoms with Gasteiger partial charge in [-0.05, 0) is 32.0 Å². The summed E-state index contributed by atoms with van der Waals surface area (Å²) >= 11 is 0. The first-order valence-electron chi connectivity index (χ1n) is 5.33. The molecule has 0 saturated carbocycles. The van der Waals surface area contributed by atoms with Crippen LogP contribution in [-0.2, 0) is 4.79 Å². The van der Waals surface area contributed by atoms with Crippen LogP contribution in [0.5, 0.6) is 0 Å².